The molecular formula is C32H26N4O7S2. The number of pyridine rings is 1. The predicted octanol–water partition coefficient (Wildman–Crippen LogP) is 5.36. The van der Waals surface area contributed by atoms with Crippen molar-refractivity contribution in [3.63, 3.8) is 0 Å². The number of carboxylic acid groups (broad SMARTS) is 1. The molecule has 6 rings (SSSR count). The van der Waals surface area contributed by atoms with Gasteiger partial charge in [-0.15, -0.1) is 4.09 Å². The van der Waals surface area contributed by atoms with Gasteiger partial charge in [0.05, 0.1) is 22.6 Å². The molecule has 0 saturated heterocycles. The second kappa shape index (κ2) is 11.0. The van der Waals surface area contributed by atoms with Crippen molar-refractivity contribution in [1.29, 1.82) is 0 Å². The molecule has 0 unspecified atom stereocenters. The Bertz CT molecular complexity index is 2320. The molecular weight excluding hydrogens is 617 g/mol. The molecule has 6 aromatic rings. The summed E-state index contributed by atoms with van der Waals surface area (Å²) in [5.41, 5.74) is 2.59. The summed E-state index contributed by atoms with van der Waals surface area (Å²) in [7, 11) is -6.96. The van der Waals surface area contributed by atoms with Gasteiger partial charge in [-0.3, -0.25) is 0 Å². The van der Waals surface area contributed by atoms with Gasteiger partial charge in [-0.1, -0.05) is 53.6 Å². The Balaban J connectivity index is 1.58. The predicted molar refractivity (Wildman–Crippen MR) is 167 cm³/mol. The fraction of sp³-hybridized carbons (Fsp3) is 0.0938. The number of aromatic carboxylic acids is 1. The highest BCUT2D eigenvalue weighted by Gasteiger charge is 2.28. The summed E-state index contributed by atoms with van der Waals surface area (Å²) in [6.45, 7) is 3.65. The van der Waals surface area contributed by atoms with Crippen LogP contribution in [0.2, 0.25) is 0 Å². The molecule has 228 valence electrons. The summed E-state index contributed by atoms with van der Waals surface area (Å²) in [5, 5.41) is 14.5. The van der Waals surface area contributed by atoms with Crippen LogP contribution in [0.5, 0.6) is 5.75 Å². The second-order valence-electron chi connectivity index (χ2n) is 10.3. The van der Waals surface area contributed by atoms with E-state index in [1.807, 2.05) is 6.92 Å². The largest absolute Gasteiger partial charge is 0.496 e. The lowest BCUT2D eigenvalue weighted by Gasteiger charge is -2.08. The van der Waals surface area contributed by atoms with Crippen molar-refractivity contribution in [2.75, 3.05) is 7.11 Å². The summed E-state index contributed by atoms with van der Waals surface area (Å²) < 4.78 is 61.7. The number of carbonyl (C=O) groups is 1. The van der Waals surface area contributed by atoms with E-state index in [-0.39, 0.29) is 26.7 Å². The van der Waals surface area contributed by atoms with E-state index >= 15 is 0 Å². The van der Waals surface area contributed by atoms with E-state index in [1.54, 1.807) is 61.5 Å². The van der Waals surface area contributed by atoms with E-state index in [9.17, 15) is 26.7 Å². The zero-order chi connectivity index (χ0) is 32.1. The maximum Gasteiger partial charge on any atom is 0.355 e. The molecule has 0 fully saturated rings. The fourth-order valence-electron chi connectivity index (χ4n) is 4.95. The third kappa shape index (κ3) is 5.15. The van der Waals surface area contributed by atoms with Crippen LogP contribution in [0.3, 0.4) is 0 Å². The fourth-order valence-corrected chi connectivity index (χ4v) is 7.54. The topological polar surface area (TPSA) is 150 Å². The number of carboxylic acids is 1. The smallest absolute Gasteiger partial charge is 0.355 e. The van der Waals surface area contributed by atoms with Gasteiger partial charge in [0.25, 0.3) is 20.0 Å². The molecule has 0 radical (unpaired) electrons. The number of aryl methyl sites for hydroxylation is 2. The molecule has 11 nitrogen and oxygen atoms in total. The van der Waals surface area contributed by atoms with Crippen LogP contribution in [0.4, 0.5) is 0 Å². The average molecular weight is 643 g/mol. The molecule has 0 spiro atoms. The minimum Gasteiger partial charge on any atom is -0.496 e. The van der Waals surface area contributed by atoms with Crippen LogP contribution in [-0.4, -0.2) is 53.2 Å². The number of hydrogen-bond donors (Lipinski definition) is 1. The Morgan fingerprint density at radius 3 is 2.00 bits per heavy atom. The molecule has 3 aromatic carbocycles. The Morgan fingerprint density at radius 1 is 0.800 bits per heavy atom. The summed E-state index contributed by atoms with van der Waals surface area (Å²) in [6.07, 6.45) is 2.78. The highest BCUT2D eigenvalue weighted by molar-refractivity contribution is 7.90. The average Bonchev–Trinajstić information content (AvgIpc) is 3.65. The number of rotatable bonds is 8. The van der Waals surface area contributed by atoms with E-state index < -0.39 is 31.7 Å². The van der Waals surface area contributed by atoms with Gasteiger partial charge in [0.1, 0.15) is 5.75 Å². The zero-order valence-corrected chi connectivity index (χ0v) is 25.9. The first kappa shape index (κ1) is 29.8. The van der Waals surface area contributed by atoms with Gasteiger partial charge >= 0.3 is 5.97 Å². The minimum atomic E-state index is -4.37. The van der Waals surface area contributed by atoms with E-state index in [0.29, 0.717) is 26.3 Å². The quantitative estimate of drug-likeness (QED) is 0.231. The number of benzene rings is 3. The van der Waals surface area contributed by atoms with Gasteiger partial charge in [0, 0.05) is 40.5 Å². The summed E-state index contributed by atoms with van der Waals surface area (Å²) >= 11 is 0. The highest BCUT2D eigenvalue weighted by atomic mass is 32.2. The van der Waals surface area contributed by atoms with Crippen LogP contribution in [0.15, 0.2) is 107 Å². The molecule has 0 saturated carbocycles. The van der Waals surface area contributed by atoms with Crippen molar-refractivity contribution in [2.24, 2.45) is 0 Å². The molecule has 0 aliphatic carbocycles. The molecule has 0 bridgehead atoms. The lowest BCUT2D eigenvalue weighted by Crippen LogP contribution is -2.19. The molecule has 1 N–H and O–H groups in total. The Morgan fingerprint density at radius 2 is 1.40 bits per heavy atom. The third-order valence-corrected chi connectivity index (χ3v) is 10.6. The molecule has 45 heavy (non-hydrogen) atoms. The SMILES string of the molecule is COc1ccccc1-c1cn(S(=O)(=O)c2ccc(C)cc2)c2ncc(-c3cc(C(=O)O)n(S(=O)(=O)c4ccc(C)cc4)n3)cc12. The standard InChI is InChI=1S/C32H26N4O7S2/c1-20-8-12-23(13-9-20)44(39,40)35-19-27(25-6-4-5-7-30(25)43-3)26-16-22(18-33-31(26)35)28-17-29(32(37)38)36(34-28)45(41,42)24-14-10-21(2)11-15-24/h4-19H,1-3H3,(H,37,38). The maximum atomic E-state index is 13.8. The van der Waals surface area contributed by atoms with Crippen molar-refractivity contribution < 1.29 is 31.5 Å². The van der Waals surface area contributed by atoms with E-state index in [2.05, 4.69) is 10.1 Å². The molecule has 0 amide bonds. The first-order chi connectivity index (χ1) is 21.4. The number of hydrogen-bond acceptors (Lipinski definition) is 8. The van der Waals surface area contributed by atoms with Crippen molar-refractivity contribution in [3.05, 3.63) is 114 Å². The van der Waals surface area contributed by atoms with Crippen LogP contribution >= 0.6 is 0 Å². The van der Waals surface area contributed by atoms with Crippen molar-refractivity contribution >= 4 is 37.0 Å². The van der Waals surface area contributed by atoms with Gasteiger partial charge in [-0.2, -0.15) is 13.5 Å². The highest BCUT2D eigenvalue weighted by Crippen LogP contribution is 2.38. The van der Waals surface area contributed by atoms with Crippen LogP contribution in [-0.2, 0) is 20.0 Å². The lowest BCUT2D eigenvalue weighted by atomic mass is 10.0. The monoisotopic (exact) mass is 642 g/mol. The normalized spacial score (nSPS) is 12.0. The van der Waals surface area contributed by atoms with Crippen molar-refractivity contribution in [1.82, 2.24) is 18.1 Å². The minimum absolute atomic E-state index is 0.0117. The second-order valence-corrected chi connectivity index (χ2v) is 13.9. The van der Waals surface area contributed by atoms with E-state index in [1.165, 1.54) is 43.8 Å². The Labute approximate surface area is 259 Å². The number of methoxy groups -OCH3 is 1. The maximum absolute atomic E-state index is 13.8. The van der Waals surface area contributed by atoms with Gasteiger partial charge < -0.3 is 9.84 Å². The van der Waals surface area contributed by atoms with Crippen LogP contribution < -0.4 is 4.74 Å². The number of ether oxygens (including phenoxy) is 1. The summed E-state index contributed by atoms with van der Waals surface area (Å²) in [4.78, 5) is 16.6. The molecule has 0 atom stereocenters. The first-order valence-corrected chi connectivity index (χ1v) is 16.4. The van der Waals surface area contributed by atoms with Crippen molar-refractivity contribution in [2.45, 2.75) is 23.6 Å². The third-order valence-electron chi connectivity index (χ3n) is 7.33. The summed E-state index contributed by atoms with van der Waals surface area (Å²) in [5.74, 6) is -1.01. The van der Waals surface area contributed by atoms with Gasteiger partial charge in [-0.05, 0) is 50.2 Å². The van der Waals surface area contributed by atoms with Crippen molar-refractivity contribution in [3.8, 4) is 28.1 Å². The number of aromatic nitrogens is 4. The number of para-hydroxylation sites is 1. The first-order valence-electron chi connectivity index (χ1n) is 13.5. The molecule has 3 heterocycles. The molecule has 3 aromatic heterocycles. The Hall–Kier alpha value is -5.27. The van der Waals surface area contributed by atoms with Gasteiger partial charge in [-0.25, -0.2) is 22.2 Å². The summed E-state index contributed by atoms with van der Waals surface area (Å²) in [6, 6.07) is 22.2. The van der Waals surface area contributed by atoms with Gasteiger partial charge in [0.15, 0.2) is 11.3 Å². The Kier molecular flexibility index (Phi) is 7.29. The molecule has 13 heteroatoms. The molecule has 0 aliphatic rings. The molecule has 0 aliphatic heterocycles. The lowest BCUT2D eigenvalue weighted by molar-refractivity contribution is 0.0688. The van der Waals surface area contributed by atoms with Crippen LogP contribution in [0.25, 0.3) is 33.4 Å². The van der Waals surface area contributed by atoms with Crippen LogP contribution in [0, 0.1) is 13.8 Å². The van der Waals surface area contributed by atoms with Crippen LogP contribution in [0.1, 0.15) is 21.6 Å². The van der Waals surface area contributed by atoms with E-state index in [0.717, 1.165) is 21.2 Å². The number of fused-ring (bicyclic) bond motifs is 1. The zero-order valence-electron chi connectivity index (χ0n) is 24.2. The van der Waals surface area contributed by atoms with Gasteiger partial charge in [0.2, 0.25) is 0 Å². The van der Waals surface area contributed by atoms with E-state index in [4.69, 9.17) is 4.74 Å². The number of nitrogens with zero attached hydrogens (tertiary/aromatic N) is 4.